The predicted octanol–water partition coefficient (Wildman–Crippen LogP) is 4.14. The minimum Gasteiger partial charge on any atom is -0.497 e. The second-order valence-corrected chi connectivity index (χ2v) is 5.76. The lowest BCUT2D eigenvalue weighted by Crippen LogP contribution is -2.20. The summed E-state index contributed by atoms with van der Waals surface area (Å²) in [5.41, 5.74) is 2.93. The third-order valence-electron chi connectivity index (χ3n) is 3.52. The first-order valence-electron chi connectivity index (χ1n) is 7.67. The molecule has 0 unspecified atom stereocenters. The third kappa shape index (κ3) is 4.74. The topological polar surface area (TPSA) is 47.6 Å². The van der Waals surface area contributed by atoms with Gasteiger partial charge in [-0.2, -0.15) is 0 Å². The van der Waals surface area contributed by atoms with Crippen LogP contribution >= 0.6 is 0 Å². The van der Waals surface area contributed by atoms with E-state index in [-0.39, 0.29) is 12.5 Å². The van der Waals surface area contributed by atoms with Crippen LogP contribution in [0.4, 0.5) is 5.69 Å². The maximum atomic E-state index is 12.0. The van der Waals surface area contributed by atoms with E-state index in [2.05, 4.69) is 31.3 Å². The Bertz CT molecular complexity index is 663. The summed E-state index contributed by atoms with van der Waals surface area (Å²) in [6, 6.07) is 13.3. The van der Waals surface area contributed by atoms with E-state index in [1.165, 1.54) is 0 Å². The van der Waals surface area contributed by atoms with E-state index in [9.17, 15) is 4.79 Å². The average molecular weight is 313 g/mol. The van der Waals surface area contributed by atoms with Gasteiger partial charge < -0.3 is 14.8 Å². The zero-order valence-electron chi connectivity index (χ0n) is 14.1. The standard InChI is InChI=1S/C19H23NO3/c1-13(2)17-10-5-14(3)11-18(17)23-12-19(21)20-15-6-8-16(22-4)9-7-15/h5-11,13H,12H2,1-4H3,(H,20,21). The van der Waals surface area contributed by atoms with Gasteiger partial charge in [0.25, 0.3) is 5.91 Å². The molecule has 0 aliphatic rings. The first-order chi connectivity index (χ1) is 11.0. The molecule has 0 radical (unpaired) electrons. The van der Waals surface area contributed by atoms with Crippen molar-refractivity contribution in [3.63, 3.8) is 0 Å². The molecule has 0 aliphatic heterocycles. The molecule has 0 aliphatic carbocycles. The van der Waals surface area contributed by atoms with Crippen LogP contribution < -0.4 is 14.8 Å². The van der Waals surface area contributed by atoms with Gasteiger partial charge in [0.2, 0.25) is 0 Å². The largest absolute Gasteiger partial charge is 0.497 e. The maximum absolute atomic E-state index is 12.0. The predicted molar refractivity (Wildman–Crippen MR) is 92.4 cm³/mol. The molecule has 4 nitrogen and oxygen atoms in total. The summed E-state index contributed by atoms with van der Waals surface area (Å²) in [5, 5.41) is 2.81. The van der Waals surface area contributed by atoms with E-state index in [4.69, 9.17) is 9.47 Å². The number of nitrogens with one attached hydrogen (secondary N) is 1. The molecule has 0 atom stereocenters. The van der Waals surface area contributed by atoms with Crippen LogP contribution in [0.1, 0.15) is 30.9 Å². The first kappa shape index (κ1) is 16.9. The lowest BCUT2D eigenvalue weighted by Gasteiger charge is -2.15. The van der Waals surface area contributed by atoms with E-state index in [0.717, 1.165) is 22.6 Å². The Morgan fingerprint density at radius 1 is 1.13 bits per heavy atom. The number of methoxy groups -OCH3 is 1. The van der Waals surface area contributed by atoms with Gasteiger partial charge in [0.15, 0.2) is 6.61 Å². The summed E-state index contributed by atoms with van der Waals surface area (Å²) in [7, 11) is 1.61. The fourth-order valence-electron chi connectivity index (χ4n) is 2.26. The molecule has 1 N–H and O–H groups in total. The molecule has 0 saturated carbocycles. The van der Waals surface area contributed by atoms with Gasteiger partial charge >= 0.3 is 0 Å². The molecule has 0 fully saturated rings. The van der Waals surface area contributed by atoms with Gasteiger partial charge in [-0.25, -0.2) is 0 Å². The monoisotopic (exact) mass is 313 g/mol. The van der Waals surface area contributed by atoms with Crippen molar-refractivity contribution in [2.45, 2.75) is 26.7 Å². The van der Waals surface area contributed by atoms with Crippen LogP contribution in [0.25, 0.3) is 0 Å². The Morgan fingerprint density at radius 2 is 1.83 bits per heavy atom. The van der Waals surface area contributed by atoms with Gasteiger partial charge in [-0.05, 0) is 54.3 Å². The fourth-order valence-corrected chi connectivity index (χ4v) is 2.26. The smallest absolute Gasteiger partial charge is 0.262 e. The van der Waals surface area contributed by atoms with Gasteiger partial charge in [0, 0.05) is 5.69 Å². The van der Waals surface area contributed by atoms with Crippen LogP contribution in [0.3, 0.4) is 0 Å². The highest BCUT2D eigenvalue weighted by Crippen LogP contribution is 2.27. The van der Waals surface area contributed by atoms with Crippen LogP contribution in [0.15, 0.2) is 42.5 Å². The van der Waals surface area contributed by atoms with Crippen molar-refractivity contribution >= 4 is 11.6 Å². The van der Waals surface area contributed by atoms with E-state index >= 15 is 0 Å². The zero-order valence-corrected chi connectivity index (χ0v) is 14.1. The normalized spacial score (nSPS) is 10.5. The highest BCUT2D eigenvalue weighted by Gasteiger charge is 2.10. The zero-order chi connectivity index (χ0) is 16.8. The maximum Gasteiger partial charge on any atom is 0.262 e. The van der Waals surface area contributed by atoms with E-state index < -0.39 is 0 Å². The Balaban J connectivity index is 1.97. The Labute approximate surface area is 137 Å². The van der Waals surface area contributed by atoms with Crippen LogP contribution in [-0.4, -0.2) is 19.6 Å². The van der Waals surface area contributed by atoms with E-state index in [1.807, 2.05) is 13.0 Å². The lowest BCUT2D eigenvalue weighted by molar-refractivity contribution is -0.118. The molecule has 23 heavy (non-hydrogen) atoms. The van der Waals surface area contributed by atoms with Crippen LogP contribution in [0.5, 0.6) is 11.5 Å². The molecule has 0 spiro atoms. The molecular formula is C19H23NO3. The number of carbonyl (C=O) groups is 1. The van der Waals surface area contributed by atoms with Crippen molar-refractivity contribution in [3.8, 4) is 11.5 Å². The summed E-state index contributed by atoms with van der Waals surface area (Å²) in [4.78, 5) is 12.0. The van der Waals surface area contributed by atoms with Gasteiger partial charge in [-0.15, -0.1) is 0 Å². The van der Waals surface area contributed by atoms with Gasteiger partial charge in [0.1, 0.15) is 11.5 Å². The van der Waals surface area contributed by atoms with Crippen molar-refractivity contribution in [1.29, 1.82) is 0 Å². The number of benzene rings is 2. The van der Waals surface area contributed by atoms with Crippen molar-refractivity contribution in [1.82, 2.24) is 0 Å². The molecule has 0 saturated heterocycles. The molecule has 1 amide bonds. The molecule has 0 bridgehead atoms. The molecular weight excluding hydrogens is 290 g/mol. The number of rotatable bonds is 6. The van der Waals surface area contributed by atoms with Crippen LogP contribution in [0, 0.1) is 6.92 Å². The van der Waals surface area contributed by atoms with E-state index in [0.29, 0.717) is 11.6 Å². The number of anilines is 1. The van der Waals surface area contributed by atoms with Crippen molar-refractivity contribution in [3.05, 3.63) is 53.6 Å². The highest BCUT2D eigenvalue weighted by molar-refractivity contribution is 5.91. The number of ether oxygens (including phenoxy) is 2. The second-order valence-electron chi connectivity index (χ2n) is 5.76. The molecule has 2 rings (SSSR count). The van der Waals surface area contributed by atoms with E-state index in [1.54, 1.807) is 31.4 Å². The molecule has 4 heteroatoms. The summed E-state index contributed by atoms with van der Waals surface area (Å²) >= 11 is 0. The van der Waals surface area contributed by atoms with Crippen LogP contribution in [-0.2, 0) is 4.79 Å². The van der Waals surface area contributed by atoms with Crippen LogP contribution in [0.2, 0.25) is 0 Å². The van der Waals surface area contributed by atoms with Gasteiger partial charge in [-0.1, -0.05) is 26.0 Å². The SMILES string of the molecule is COc1ccc(NC(=O)COc2cc(C)ccc2C(C)C)cc1. The molecule has 2 aromatic rings. The quantitative estimate of drug-likeness (QED) is 0.871. The summed E-state index contributed by atoms with van der Waals surface area (Å²) in [5.74, 6) is 1.67. The summed E-state index contributed by atoms with van der Waals surface area (Å²) in [6.07, 6.45) is 0. The van der Waals surface area contributed by atoms with Crippen molar-refractivity contribution in [2.24, 2.45) is 0 Å². The number of aryl methyl sites for hydroxylation is 1. The van der Waals surface area contributed by atoms with Gasteiger partial charge in [0.05, 0.1) is 7.11 Å². The third-order valence-corrected chi connectivity index (χ3v) is 3.52. The first-order valence-corrected chi connectivity index (χ1v) is 7.67. The average Bonchev–Trinajstić information content (AvgIpc) is 2.53. The van der Waals surface area contributed by atoms with Crippen molar-refractivity contribution < 1.29 is 14.3 Å². The molecule has 0 heterocycles. The van der Waals surface area contributed by atoms with Crippen molar-refractivity contribution in [2.75, 3.05) is 19.0 Å². The Hall–Kier alpha value is -2.49. The minimum absolute atomic E-state index is 0.0186. The van der Waals surface area contributed by atoms with Gasteiger partial charge in [-0.3, -0.25) is 4.79 Å². The minimum atomic E-state index is -0.189. The molecule has 122 valence electrons. The molecule has 0 aromatic heterocycles. The number of amides is 1. The second kappa shape index (κ2) is 7.68. The Morgan fingerprint density at radius 3 is 2.43 bits per heavy atom. The molecule has 2 aromatic carbocycles. The Kier molecular flexibility index (Phi) is 5.63. The highest BCUT2D eigenvalue weighted by atomic mass is 16.5. The number of carbonyl (C=O) groups excluding carboxylic acids is 1. The number of hydrogen-bond donors (Lipinski definition) is 1. The number of hydrogen-bond acceptors (Lipinski definition) is 3. The summed E-state index contributed by atoms with van der Waals surface area (Å²) in [6.45, 7) is 6.20. The summed E-state index contributed by atoms with van der Waals surface area (Å²) < 4.78 is 10.8. The fraction of sp³-hybridized carbons (Fsp3) is 0.316. The lowest BCUT2D eigenvalue weighted by atomic mass is 10.0.